The van der Waals surface area contributed by atoms with E-state index in [1.807, 2.05) is 0 Å². The molecule has 0 aliphatic carbocycles. The molecule has 0 fully saturated rings. The van der Waals surface area contributed by atoms with Crippen molar-refractivity contribution in [3.63, 3.8) is 0 Å². The first kappa shape index (κ1) is 17.0. The molecule has 1 aromatic carbocycles. The van der Waals surface area contributed by atoms with Crippen molar-refractivity contribution in [3.05, 3.63) is 29.3 Å². The van der Waals surface area contributed by atoms with Gasteiger partial charge in [-0.15, -0.1) is 0 Å². The minimum Gasteiger partial charge on any atom is -0.507 e. The highest BCUT2D eigenvalue weighted by molar-refractivity contribution is 5.43. The van der Waals surface area contributed by atoms with E-state index in [0.717, 1.165) is 43.5 Å². The monoisotopic (exact) mass is 278 g/mol. The van der Waals surface area contributed by atoms with Crippen LogP contribution < -0.4 is 0 Å². The second-order valence-electron chi connectivity index (χ2n) is 6.18. The summed E-state index contributed by atoms with van der Waals surface area (Å²) in [6.45, 7) is 4.08. The number of nitrogens with zero attached hydrogens (tertiary/aromatic N) is 2. The third-order valence-electron chi connectivity index (χ3n) is 3.56. The van der Waals surface area contributed by atoms with E-state index >= 15 is 0 Å². The van der Waals surface area contributed by atoms with Crippen molar-refractivity contribution >= 4 is 0 Å². The molecule has 3 nitrogen and oxygen atoms in total. The number of benzene rings is 1. The second kappa shape index (κ2) is 8.28. The predicted molar refractivity (Wildman–Crippen MR) is 86.6 cm³/mol. The topological polar surface area (TPSA) is 26.7 Å². The molecule has 1 rings (SSSR count). The van der Waals surface area contributed by atoms with Gasteiger partial charge in [0.05, 0.1) is 0 Å². The summed E-state index contributed by atoms with van der Waals surface area (Å²) in [6.07, 6.45) is 3.25. The molecule has 0 amide bonds. The molecular formula is C17H30N2O. The van der Waals surface area contributed by atoms with Crippen LogP contribution in [0.25, 0.3) is 0 Å². The quantitative estimate of drug-likeness (QED) is 0.792. The molecule has 1 aromatic rings. The standard InChI is InChI=1S/C17H30N2O/c1-6-7-9-14-10-8-11-16(17(14)20)15(12-18(2)3)13-19(4)5/h8,10-11,15,20H,6-7,9,12-13H2,1-5H3. The van der Waals surface area contributed by atoms with Gasteiger partial charge in [-0.05, 0) is 52.2 Å². The fourth-order valence-corrected chi connectivity index (χ4v) is 2.65. The van der Waals surface area contributed by atoms with Gasteiger partial charge in [-0.1, -0.05) is 31.5 Å². The summed E-state index contributed by atoms with van der Waals surface area (Å²) in [4.78, 5) is 4.37. The maximum atomic E-state index is 10.6. The van der Waals surface area contributed by atoms with Crippen LogP contribution in [-0.4, -0.2) is 56.2 Å². The van der Waals surface area contributed by atoms with Crippen LogP contribution in [-0.2, 0) is 6.42 Å². The molecule has 0 aliphatic rings. The van der Waals surface area contributed by atoms with Gasteiger partial charge in [-0.3, -0.25) is 0 Å². The van der Waals surface area contributed by atoms with Gasteiger partial charge in [0.2, 0.25) is 0 Å². The number of hydrogen-bond donors (Lipinski definition) is 1. The number of aryl methyl sites for hydroxylation is 1. The molecular weight excluding hydrogens is 248 g/mol. The summed E-state index contributed by atoms with van der Waals surface area (Å²) in [5.41, 5.74) is 2.17. The number of unbranched alkanes of at least 4 members (excludes halogenated alkanes) is 1. The van der Waals surface area contributed by atoms with Gasteiger partial charge in [0.15, 0.2) is 0 Å². The normalized spacial score (nSPS) is 11.8. The molecule has 1 N–H and O–H groups in total. The van der Waals surface area contributed by atoms with Gasteiger partial charge >= 0.3 is 0 Å². The molecule has 0 saturated heterocycles. The predicted octanol–water partition coefficient (Wildman–Crippen LogP) is 2.94. The average Bonchev–Trinajstić information content (AvgIpc) is 2.35. The second-order valence-corrected chi connectivity index (χ2v) is 6.18. The number of hydrogen-bond acceptors (Lipinski definition) is 3. The zero-order valence-electron chi connectivity index (χ0n) is 13.7. The van der Waals surface area contributed by atoms with Crippen molar-refractivity contribution in [1.82, 2.24) is 9.80 Å². The summed E-state index contributed by atoms with van der Waals surface area (Å²) in [5.74, 6) is 0.844. The van der Waals surface area contributed by atoms with E-state index in [1.54, 1.807) is 0 Å². The van der Waals surface area contributed by atoms with E-state index in [1.165, 1.54) is 0 Å². The van der Waals surface area contributed by atoms with E-state index in [4.69, 9.17) is 0 Å². The van der Waals surface area contributed by atoms with Gasteiger partial charge in [-0.2, -0.15) is 0 Å². The number of para-hydroxylation sites is 1. The van der Waals surface area contributed by atoms with Crippen molar-refractivity contribution < 1.29 is 5.11 Å². The summed E-state index contributed by atoms with van der Waals surface area (Å²) < 4.78 is 0. The molecule has 0 unspecified atom stereocenters. The molecule has 20 heavy (non-hydrogen) atoms. The minimum atomic E-state index is 0.335. The molecule has 114 valence electrons. The first-order valence-corrected chi connectivity index (χ1v) is 7.55. The molecule has 0 atom stereocenters. The maximum absolute atomic E-state index is 10.6. The number of phenolic OH excluding ortho intramolecular Hbond substituents is 1. The fourth-order valence-electron chi connectivity index (χ4n) is 2.65. The third kappa shape index (κ3) is 5.14. The highest BCUT2D eigenvalue weighted by atomic mass is 16.3. The highest BCUT2D eigenvalue weighted by Crippen LogP contribution is 2.31. The summed E-state index contributed by atoms with van der Waals surface area (Å²) in [7, 11) is 8.34. The van der Waals surface area contributed by atoms with E-state index in [2.05, 4.69) is 63.1 Å². The van der Waals surface area contributed by atoms with Crippen LogP contribution in [0.3, 0.4) is 0 Å². The van der Waals surface area contributed by atoms with Crippen LogP contribution in [0, 0.1) is 0 Å². The molecule has 3 heteroatoms. The van der Waals surface area contributed by atoms with Crippen LogP contribution in [0.15, 0.2) is 18.2 Å². The molecule has 0 aromatic heterocycles. The highest BCUT2D eigenvalue weighted by Gasteiger charge is 2.18. The Morgan fingerprint density at radius 3 is 2.15 bits per heavy atom. The lowest BCUT2D eigenvalue weighted by Crippen LogP contribution is -2.29. The lowest BCUT2D eigenvalue weighted by atomic mass is 9.93. The van der Waals surface area contributed by atoms with Crippen molar-refractivity contribution in [2.45, 2.75) is 32.1 Å². The Morgan fingerprint density at radius 1 is 1.05 bits per heavy atom. The number of likely N-dealkylation sites (N-methyl/N-ethyl adjacent to an activating group) is 2. The van der Waals surface area contributed by atoms with Gasteiger partial charge in [-0.25, -0.2) is 0 Å². The smallest absolute Gasteiger partial charge is 0.122 e. The van der Waals surface area contributed by atoms with E-state index in [9.17, 15) is 5.11 Å². The number of phenols is 1. The first-order chi connectivity index (χ1) is 9.45. The maximum Gasteiger partial charge on any atom is 0.122 e. The molecule has 0 aliphatic heterocycles. The van der Waals surface area contributed by atoms with Crippen LogP contribution in [0.1, 0.15) is 36.8 Å². The van der Waals surface area contributed by atoms with Gasteiger partial charge in [0.25, 0.3) is 0 Å². The van der Waals surface area contributed by atoms with E-state index in [0.29, 0.717) is 11.7 Å². The molecule has 0 bridgehead atoms. The van der Waals surface area contributed by atoms with Crippen molar-refractivity contribution in [2.24, 2.45) is 0 Å². The van der Waals surface area contributed by atoms with Crippen LogP contribution in [0.5, 0.6) is 5.75 Å². The number of aromatic hydroxyl groups is 1. The lowest BCUT2D eigenvalue weighted by molar-refractivity contribution is 0.303. The SMILES string of the molecule is CCCCc1cccc(C(CN(C)C)CN(C)C)c1O. The lowest BCUT2D eigenvalue weighted by Gasteiger charge is -2.26. The Hall–Kier alpha value is -1.06. The van der Waals surface area contributed by atoms with Crippen LogP contribution >= 0.6 is 0 Å². The van der Waals surface area contributed by atoms with Crippen molar-refractivity contribution in [2.75, 3.05) is 41.3 Å². The zero-order chi connectivity index (χ0) is 15.1. The molecule has 0 heterocycles. The van der Waals surface area contributed by atoms with Crippen molar-refractivity contribution in [3.8, 4) is 5.75 Å². The zero-order valence-corrected chi connectivity index (χ0v) is 13.7. The fraction of sp³-hybridized carbons (Fsp3) is 0.647. The Labute approximate surface area is 124 Å². The Kier molecular flexibility index (Phi) is 7.03. The summed E-state index contributed by atoms with van der Waals surface area (Å²) in [5, 5.41) is 10.6. The van der Waals surface area contributed by atoms with Crippen LogP contribution in [0.2, 0.25) is 0 Å². The molecule has 0 radical (unpaired) electrons. The van der Waals surface area contributed by atoms with Crippen LogP contribution in [0.4, 0.5) is 0 Å². The Balaban J connectivity index is 2.99. The largest absolute Gasteiger partial charge is 0.507 e. The summed E-state index contributed by atoms with van der Waals surface area (Å²) >= 11 is 0. The summed E-state index contributed by atoms with van der Waals surface area (Å²) in [6, 6.07) is 6.21. The average molecular weight is 278 g/mol. The Morgan fingerprint density at radius 2 is 1.65 bits per heavy atom. The van der Waals surface area contributed by atoms with E-state index < -0.39 is 0 Å². The first-order valence-electron chi connectivity index (χ1n) is 7.55. The molecule has 0 saturated carbocycles. The number of rotatable bonds is 8. The molecule has 0 spiro atoms. The van der Waals surface area contributed by atoms with E-state index in [-0.39, 0.29) is 0 Å². The van der Waals surface area contributed by atoms with Gasteiger partial charge < -0.3 is 14.9 Å². The van der Waals surface area contributed by atoms with Gasteiger partial charge in [0, 0.05) is 19.0 Å². The van der Waals surface area contributed by atoms with Gasteiger partial charge in [0.1, 0.15) is 5.75 Å². The Bertz CT molecular complexity index is 392. The third-order valence-corrected chi connectivity index (χ3v) is 3.56. The minimum absolute atomic E-state index is 0.335. The van der Waals surface area contributed by atoms with Crippen molar-refractivity contribution in [1.29, 1.82) is 0 Å².